The molecule has 1 rings (SSSR count). The van der Waals surface area contributed by atoms with Crippen molar-refractivity contribution in [1.29, 1.82) is 0 Å². The lowest BCUT2D eigenvalue weighted by Gasteiger charge is -2.17. The second-order valence-electron chi connectivity index (χ2n) is 4.79. The van der Waals surface area contributed by atoms with Crippen LogP contribution in [0, 0.1) is 5.92 Å². The second kappa shape index (κ2) is 6.78. The minimum Gasteiger partial charge on any atom is -0.355 e. The number of carbonyl (C=O) groups excluding carboxylic acids is 2. The van der Waals surface area contributed by atoms with Crippen LogP contribution in [0.4, 0.5) is 10.5 Å². The fourth-order valence-electron chi connectivity index (χ4n) is 1.39. The van der Waals surface area contributed by atoms with Gasteiger partial charge in [-0.2, -0.15) is 0 Å². The molecule has 104 valence electrons. The van der Waals surface area contributed by atoms with Crippen LogP contribution >= 0.6 is 0 Å². The number of hydrogen-bond acceptors (Lipinski definition) is 2. The summed E-state index contributed by atoms with van der Waals surface area (Å²) in [5.74, 6) is 0.228. The number of nitrogens with one attached hydrogen (secondary N) is 3. The van der Waals surface area contributed by atoms with Gasteiger partial charge in [-0.05, 0) is 37.1 Å². The Morgan fingerprint density at radius 3 is 2.11 bits per heavy atom. The van der Waals surface area contributed by atoms with E-state index in [-0.39, 0.29) is 18.0 Å². The summed E-state index contributed by atoms with van der Waals surface area (Å²) < 4.78 is 0. The van der Waals surface area contributed by atoms with Crippen molar-refractivity contribution >= 4 is 17.6 Å². The Labute approximate surface area is 113 Å². The molecule has 0 spiro atoms. The van der Waals surface area contributed by atoms with Gasteiger partial charge in [0.2, 0.25) is 0 Å². The molecule has 0 aliphatic rings. The SMILES string of the molecule is CNC(=O)c1ccc(NC(=O)N[C@@H](C)C(C)C)cc1. The third-order valence-electron chi connectivity index (χ3n) is 2.99. The molecule has 0 aromatic heterocycles. The molecule has 0 radical (unpaired) electrons. The highest BCUT2D eigenvalue weighted by Crippen LogP contribution is 2.09. The van der Waals surface area contributed by atoms with Crippen LogP contribution in [-0.4, -0.2) is 25.0 Å². The van der Waals surface area contributed by atoms with Crippen molar-refractivity contribution in [1.82, 2.24) is 10.6 Å². The molecular formula is C14H21N3O2. The summed E-state index contributed by atoms with van der Waals surface area (Å²) in [5.41, 5.74) is 1.21. The van der Waals surface area contributed by atoms with E-state index < -0.39 is 0 Å². The predicted octanol–water partition coefficient (Wildman–Crippen LogP) is 2.21. The van der Waals surface area contributed by atoms with Crippen LogP contribution in [0.2, 0.25) is 0 Å². The lowest BCUT2D eigenvalue weighted by atomic mass is 10.1. The van der Waals surface area contributed by atoms with Crippen LogP contribution in [0.1, 0.15) is 31.1 Å². The number of rotatable bonds is 4. The van der Waals surface area contributed by atoms with Crippen molar-refractivity contribution < 1.29 is 9.59 Å². The van der Waals surface area contributed by atoms with Gasteiger partial charge in [0.25, 0.3) is 5.91 Å². The second-order valence-corrected chi connectivity index (χ2v) is 4.79. The molecule has 1 aromatic rings. The van der Waals surface area contributed by atoms with E-state index in [4.69, 9.17) is 0 Å². The average Bonchev–Trinajstić information content (AvgIpc) is 2.38. The average molecular weight is 263 g/mol. The fraction of sp³-hybridized carbons (Fsp3) is 0.429. The van der Waals surface area contributed by atoms with Crippen molar-refractivity contribution in [3.63, 3.8) is 0 Å². The van der Waals surface area contributed by atoms with E-state index in [0.717, 1.165) is 0 Å². The maximum Gasteiger partial charge on any atom is 0.319 e. The Morgan fingerprint density at radius 2 is 1.63 bits per heavy atom. The Hall–Kier alpha value is -2.04. The Morgan fingerprint density at radius 1 is 1.05 bits per heavy atom. The van der Waals surface area contributed by atoms with Crippen molar-refractivity contribution in [2.75, 3.05) is 12.4 Å². The van der Waals surface area contributed by atoms with E-state index in [9.17, 15) is 9.59 Å². The molecule has 5 heteroatoms. The minimum atomic E-state index is -0.242. The third-order valence-corrected chi connectivity index (χ3v) is 2.99. The molecule has 5 nitrogen and oxygen atoms in total. The molecule has 0 heterocycles. The van der Waals surface area contributed by atoms with Gasteiger partial charge in [0.1, 0.15) is 0 Å². The van der Waals surface area contributed by atoms with Crippen molar-refractivity contribution in [3.05, 3.63) is 29.8 Å². The zero-order chi connectivity index (χ0) is 14.4. The monoisotopic (exact) mass is 263 g/mol. The zero-order valence-corrected chi connectivity index (χ0v) is 11.8. The molecule has 0 aliphatic carbocycles. The first kappa shape index (κ1) is 15.0. The van der Waals surface area contributed by atoms with Gasteiger partial charge in [0.15, 0.2) is 0 Å². The van der Waals surface area contributed by atoms with Gasteiger partial charge < -0.3 is 16.0 Å². The van der Waals surface area contributed by atoms with E-state index in [0.29, 0.717) is 17.2 Å². The van der Waals surface area contributed by atoms with Crippen LogP contribution in [0.15, 0.2) is 24.3 Å². The van der Waals surface area contributed by atoms with Crippen LogP contribution in [-0.2, 0) is 0 Å². The summed E-state index contributed by atoms with van der Waals surface area (Å²) in [6.45, 7) is 6.05. The molecule has 1 atom stereocenters. The quantitative estimate of drug-likeness (QED) is 0.779. The molecule has 1 aromatic carbocycles. The summed E-state index contributed by atoms with van der Waals surface area (Å²) in [4.78, 5) is 23.1. The van der Waals surface area contributed by atoms with Crippen LogP contribution in [0.25, 0.3) is 0 Å². The lowest BCUT2D eigenvalue weighted by Crippen LogP contribution is -2.39. The maximum atomic E-state index is 11.7. The van der Waals surface area contributed by atoms with Crippen LogP contribution < -0.4 is 16.0 Å². The first-order chi connectivity index (χ1) is 8.93. The standard InChI is InChI=1S/C14H21N3O2/c1-9(2)10(3)16-14(19)17-12-7-5-11(6-8-12)13(18)15-4/h5-10H,1-4H3,(H,15,18)(H2,16,17,19)/t10-/m0/s1. The lowest BCUT2D eigenvalue weighted by molar-refractivity contribution is 0.0963. The highest BCUT2D eigenvalue weighted by Gasteiger charge is 2.10. The van der Waals surface area contributed by atoms with Gasteiger partial charge in [0.05, 0.1) is 0 Å². The minimum absolute atomic E-state index is 0.102. The largest absolute Gasteiger partial charge is 0.355 e. The van der Waals surface area contributed by atoms with Gasteiger partial charge >= 0.3 is 6.03 Å². The topological polar surface area (TPSA) is 70.2 Å². The summed E-state index contributed by atoms with van der Waals surface area (Å²) >= 11 is 0. The Kier molecular flexibility index (Phi) is 5.36. The predicted molar refractivity (Wildman–Crippen MR) is 76.3 cm³/mol. The highest BCUT2D eigenvalue weighted by molar-refractivity contribution is 5.95. The molecule has 0 saturated carbocycles. The molecule has 0 saturated heterocycles. The zero-order valence-electron chi connectivity index (χ0n) is 11.8. The summed E-state index contributed by atoms with van der Waals surface area (Å²) in [7, 11) is 1.58. The number of benzene rings is 1. The number of carbonyl (C=O) groups is 2. The van der Waals surface area contributed by atoms with E-state index in [1.165, 1.54) is 0 Å². The van der Waals surface area contributed by atoms with Gasteiger partial charge in [0, 0.05) is 24.3 Å². The molecule has 19 heavy (non-hydrogen) atoms. The molecule has 3 N–H and O–H groups in total. The Bertz CT molecular complexity index is 441. The summed E-state index contributed by atoms with van der Waals surface area (Å²) in [6.07, 6.45) is 0. The first-order valence-corrected chi connectivity index (χ1v) is 6.33. The normalized spacial score (nSPS) is 11.8. The molecule has 0 unspecified atom stereocenters. The van der Waals surface area contributed by atoms with E-state index in [1.54, 1.807) is 31.3 Å². The Balaban J connectivity index is 2.58. The number of anilines is 1. The molecule has 0 aliphatic heterocycles. The van der Waals surface area contributed by atoms with Gasteiger partial charge in [-0.15, -0.1) is 0 Å². The fourth-order valence-corrected chi connectivity index (χ4v) is 1.39. The van der Waals surface area contributed by atoms with Gasteiger partial charge in [-0.25, -0.2) is 4.79 Å². The van der Waals surface area contributed by atoms with Crippen molar-refractivity contribution in [3.8, 4) is 0 Å². The van der Waals surface area contributed by atoms with E-state index in [2.05, 4.69) is 16.0 Å². The number of hydrogen-bond donors (Lipinski definition) is 3. The highest BCUT2D eigenvalue weighted by atomic mass is 16.2. The molecule has 3 amide bonds. The van der Waals surface area contributed by atoms with Gasteiger partial charge in [-0.1, -0.05) is 13.8 Å². The van der Waals surface area contributed by atoms with E-state index in [1.807, 2.05) is 20.8 Å². The number of amides is 3. The smallest absolute Gasteiger partial charge is 0.319 e. The molecular weight excluding hydrogens is 242 g/mol. The van der Waals surface area contributed by atoms with E-state index >= 15 is 0 Å². The summed E-state index contributed by atoms with van der Waals surface area (Å²) in [6, 6.07) is 6.59. The third kappa shape index (κ3) is 4.62. The summed E-state index contributed by atoms with van der Waals surface area (Å²) in [5, 5.41) is 8.12. The maximum absolute atomic E-state index is 11.7. The van der Waals surface area contributed by atoms with Crippen molar-refractivity contribution in [2.45, 2.75) is 26.8 Å². The molecule has 0 fully saturated rings. The van der Waals surface area contributed by atoms with Crippen LogP contribution in [0.3, 0.4) is 0 Å². The number of urea groups is 1. The van der Waals surface area contributed by atoms with Gasteiger partial charge in [-0.3, -0.25) is 4.79 Å². The molecule has 0 bridgehead atoms. The van der Waals surface area contributed by atoms with Crippen LogP contribution in [0.5, 0.6) is 0 Å². The first-order valence-electron chi connectivity index (χ1n) is 6.33. The van der Waals surface area contributed by atoms with Crippen molar-refractivity contribution in [2.24, 2.45) is 5.92 Å².